The monoisotopic (exact) mass is 314 g/mol. The minimum atomic E-state index is -1.12. The van der Waals surface area contributed by atoms with E-state index in [-0.39, 0.29) is 5.56 Å². The molecule has 3 rings (SSSR count). The molecule has 0 atom stereocenters. The molecule has 0 fully saturated rings. The number of H-pyrrole nitrogens is 1. The number of aromatic amines is 1. The van der Waals surface area contributed by atoms with Crippen molar-refractivity contribution in [3.8, 4) is 0 Å². The van der Waals surface area contributed by atoms with Crippen LogP contribution in [0.4, 0.5) is 8.78 Å². The molecule has 0 saturated heterocycles. The van der Waals surface area contributed by atoms with Gasteiger partial charge in [-0.3, -0.25) is 4.79 Å². The minimum absolute atomic E-state index is 0.278. The maximum Gasteiger partial charge on any atom is 0.254 e. The van der Waals surface area contributed by atoms with Crippen molar-refractivity contribution in [3.05, 3.63) is 70.9 Å². The number of aryl methyl sites for hydroxylation is 1. The van der Waals surface area contributed by atoms with Gasteiger partial charge in [-0.05, 0) is 43.2 Å². The van der Waals surface area contributed by atoms with Gasteiger partial charge in [-0.15, -0.1) is 0 Å². The highest BCUT2D eigenvalue weighted by molar-refractivity contribution is 5.94. The third kappa shape index (κ3) is 3.08. The molecule has 0 spiro atoms. The van der Waals surface area contributed by atoms with E-state index in [1.807, 2.05) is 25.3 Å². The van der Waals surface area contributed by atoms with Crippen LogP contribution >= 0.6 is 0 Å². The number of amides is 1. The predicted octanol–water partition coefficient (Wildman–Crippen LogP) is 3.73. The number of rotatable bonds is 4. The molecule has 2 N–H and O–H groups in total. The number of carbonyl (C=O) groups is 1. The Morgan fingerprint density at radius 1 is 1.22 bits per heavy atom. The maximum atomic E-state index is 13.6. The zero-order chi connectivity index (χ0) is 16.4. The van der Waals surface area contributed by atoms with Crippen LogP contribution in [0.15, 0.2) is 42.6 Å². The van der Waals surface area contributed by atoms with Gasteiger partial charge in [0.2, 0.25) is 0 Å². The number of halogens is 2. The summed E-state index contributed by atoms with van der Waals surface area (Å²) in [7, 11) is 0. The molecule has 1 amide bonds. The Labute approximate surface area is 132 Å². The van der Waals surface area contributed by atoms with Crippen molar-refractivity contribution < 1.29 is 13.6 Å². The third-order valence-electron chi connectivity index (χ3n) is 3.80. The fourth-order valence-corrected chi connectivity index (χ4v) is 2.58. The summed E-state index contributed by atoms with van der Waals surface area (Å²) in [5, 5.41) is 3.73. The van der Waals surface area contributed by atoms with E-state index in [0.717, 1.165) is 28.1 Å². The summed E-state index contributed by atoms with van der Waals surface area (Å²) >= 11 is 0. The van der Waals surface area contributed by atoms with Gasteiger partial charge in [0, 0.05) is 23.6 Å². The number of hydrogen-bond donors (Lipinski definition) is 2. The number of aromatic nitrogens is 1. The number of hydrogen-bond acceptors (Lipinski definition) is 1. The van der Waals surface area contributed by atoms with Crippen molar-refractivity contribution >= 4 is 16.8 Å². The molecule has 0 bridgehead atoms. The molecular formula is C18H16F2N2O. The Bertz CT molecular complexity index is 871. The Morgan fingerprint density at radius 3 is 2.87 bits per heavy atom. The van der Waals surface area contributed by atoms with Crippen LogP contribution in [0, 0.1) is 18.6 Å². The standard InChI is InChI=1S/C18H16F2N2O/c1-11-5-6-16-14(9-11)12(10-22-16)7-8-21-18(23)13-3-2-4-15(19)17(13)20/h2-6,9-10,22H,7-8H2,1H3,(H,21,23). The minimum Gasteiger partial charge on any atom is -0.361 e. The van der Waals surface area contributed by atoms with E-state index in [4.69, 9.17) is 0 Å². The van der Waals surface area contributed by atoms with E-state index < -0.39 is 17.5 Å². The van der Waals surface area contributed by atoms with Crippen LogP contribution in [-0.2, 0) is 6.42 Å². The van der Waals surface area contributed by atoms with Crippen molar-refractivity contribution in [2.75, 3.05) is 6.54 Å². The lowest BCUT2D eigenvalue weighted by molar-refractivity contribution is 0.0949. The average Bonchev–Trinajstić information content (AvgIpc) is 2.92. The van der Waals surface area contributed by atoms with E-state index in [1.54, 1.807) is 0 Å². The van der Waals surface area contributed by atoms with Crippen molar-refractivity contribution in [2.24, 2.45) is 0 Å². The lowest BCUT2D eigenvalue weighted by Gasteiger charge is -2.06. The molecule has 1 heterocycles. The summed E-state index contributed by atoms with van der Waals surface area (Å²) in [6.45, 7) is 2.36. The number of carbonyl (C=O) groups excluding carboxylic acids is 1. The van der Waals surface area contributed by atoms with Crippen LogP contribution in [-0.4, -0.2) is 17.4 Å². The van der Waals surface area contributed by atoms with Gasteiger partial charge >= 0.3 is 0 Å². The molecule has 0 aliphatic rings. The highest BCUT2D eigenvalue weighted by atomic mass is 19.2. The van der Waals surface area contributed by atoms with E-state index in [1.165, 1.54) is 12.1 Å². The second kappa shape index (κ2) is 6.20. The highest BCUT2D eigenvalue weighted by Gasteiger charge is 2.14. The first kappa shape index (κ1) is 15.2. The summed E-state index contributed by atoms with van der Waals surface area (Å²) in [5.41, 5.74) is 2.99. The fourth-order valence-electron chi connectivity index (χ4n) is 2.58. The molecule has 23 heavy (non-hydrogen) atoms. The van der Waals surface area contributed by atoms with E-state index in [2.05, 4.69) is 16.4 Å². The molecule has 0 unspecified atom stereocenters. The fraction of sp³-hybridized carbons (Fsp3) is 0.167. The lowest BCUT2D eigenvalue weighted by atomic mass is 10.1. The molecule has 3 aromatic rings. The van der Waals surface area contributed by atoms with Crippen molar-refractivity contribution in [3.63, 3.8) is 0 Å². The first-order valence-corrected chi connectivity index (χ1v) is 7.35. The van der Waals surface area contributed by atoms with Gasteiger partial charge in [-0.1, -0.05) is 17.7 Å². The molecular weight excluding hydrogens is 298 g/mol. The summed E-state index contributed by atoms with van der Waals surface area (Å²) in [5.74, 6) is -2.75. The molecule has 0 aliphatic heterocycles. The lowest BCUT2D eigenvalue weighted by Crippen LogP contribution is -2.26. The van der Waals surface area contributed by atoms with Gasteiger partial charge in [0.05, 0.1) is 5.56 Å². The quantitative estimate of drug-likeness (QED) is 0.757. The van der Waals surface area contributed by atoms with Gasteiger partial charge in [-0.2, -0.15) is 0 Å². The van der Waals surface area contributed by atoms with Crippen LogP contribution in [0.2, 0.25) is 0 Å². The largest absolute Gasteiger partial charge is 0.361 e. The SMILES string of the molecule is Cc1ccc2[nH]cc(CCNC(=O)c3cccc(F)c3F)c2c1. The Balaban J connectivity index is 1.68. The maximum absolute atomic E-state index is 13.6. The molecule has 0 saturated carbocycles. The smallest absolute Gasteiger partial charge is 0.254 e. The molecule has 5 heteroatoms. The zero-order valence-corrected chi connectivity index (χ0v) is 12.6. The van der Waals surface area contributed by atoms with E-state index in [0.29, 0.717) is 13.0 Å². The van der Waals surface area contributed by atoms with Crippen molar-refractivity contribution in [1.29, 1.82) is 0 Å². The summed E-state index contributed by atoms with van der Waals surface area (Å²) < 4.78 is 26.7. The van der Waals surface area contributed by atoms with Crippen molar-refractivity contribution in [1.82, 2.24) is 10.3 Å². The second-order valence-electron chi connectivity index (χ2n) is 5.47. The summed E-state index contributed by atoms with van der Waals surface area (Å²) in [4.78, 5) is 15.1. The molecule has 0 aliphatic carbocycles. The second-order valence-corrected chi connectivity index (χ2v) is 5.47. The normalized spacial score (nSPS) is 10.9. The highest BCUT2D eigenvalue weighted by Crippen LogP contribution is 2.20. The van der Waals surface area contributed by atoms with Crippen LogP contribution in [0.5, 0.6) is 0 Å². The zero-order valence-electron chi connectivity index (χ0n) is 12.6. The first-order chi connectivity index (χ1) is 11.1. The Hall–Kier alpha value is -2.69. The average molecular weight is 314 g/mol. The van der Waals surface area contributed by atoms with Gasteiger partial charge < -0.3 is 10.3 Å². The molecule has 1 aromatic heterocycles. The third-order valence-corrected chi connectivity index (χ3v) is 3.80. The van der Waals surface area contributed by atoms with Gasteiger partial charge in [0.15, 0.2) is 11.6 Å². The number of benzene rings is 2. The molecule has 3 nitrogen and oxygen atoms in total. The van der Waals surface area contributed by atoms with Crippen LogP contribution < -0.4 is 5.32 Å². The van der Waals surface area contributed by atoms with Crippen molar-refractivity contribution in [2.45, 2.75) is 13.3 Å². The number of nitrogens with one attached hydrogen (secondary N) is 2. The topological polar surface area (TPSA) is 44.9 Å². The Morgan fingerprint density at radius 2 is 2.04 bits per heavy atom. The molecule has 2 aromatic carbocycles. The van der Waals surface area contributed by atoms with Crippen LogP contribution in [0.3, 0.4) is 0 Å². The molecule has 0 radical (unpaired) electrons. The molecule has 118 valence electrons. The number of fused-ring (bicyclic) bond motifs is 1. The van der Waals surface area contributed by atoms with Gasteiger partial charge in [0.1, 0.15) is 0 Å². The Kier molecular flexibility index (Phi) is 4.10. The van der Waals surface area contributed by atoms with Crippen LogP contribution in [0.1, 0.15) is 21.5 Å². The van der Waals surface area contributed by atoms with Gasteiger partial charge in [-0.25, -0.2) is 8.78 Å². The summed E-state index contributed by atoms with van der Waals surface area (Å²) in [6.07, 6.45) is 2.51. The van der Waals surface area contributed by atoms with Gasteiger partial charge in [0.25, 0.3) is 5.91 Å². The summed E-state index contributed by atoms with van der Waals surface area (Å²) in [6, 6.07) is 9.68. The van der Waals surface area contributed by atoms with E-state index >= 15 is 0 Å². The first-order valence-electron chi connectivity index (χ1n) is 7.35. The van der Waals surface area contributed by atoms with Crippen LogP contribution in [0.25, 0.3) is 10.9 Å². The van der Waals surface area contributed by atoms with E-state index in [9.17, 15) is 13.6 Å². The predicted molar refractivity (Wildman–Crippen MR) is 85.4 cm³/mol.